The summed E-state index contributed by atoms with van der Waals surface area (Å²) in [7, 11) is 0. The van der Waals surface area contributed by atoms with Crippen molar-refractivity contribution in [1.29, 1.82) is 0 Å². The van der Waals surface area contributed by atoms with Crippen molar-refractivity contribution in [3.05, 3.63) is 46.2 Å². The van der Waals surface area contributed by atoms with Gasteiger partial charge in [0.1, 0.15) is 5.82 Å². The van der Waals surface area contributed by atoms with Gasteiger partial charge in [0.05, 0.1) is 4.47 Å². The van der Waals surface area contributed by atoms with Crippen molar-refractivity contribution >= 4 is 21.7 Å². The number of ketones is 1. The predicted octanol–water partition coefficient (Wildman–Crippen LogP) is 3.35. The average Bonchev–Trinajstić information content (AvgIpc) is 2.08. The second-order valence-electron chi connectivity index (χ2n) is 2.74. The monoisotopic (exact) mass is 242 g/mol. The lowest BCUT2D eigenvalue weighted by Crippen LogP contribution is -1.99. The molecule has 0 bridgehead atoms. The molecule has 0 amide bonds. The van der Waals surface area contributed by atoms with E-state index in [1.165, 1.54) is 18.2 Å². The molecule has 0 aliphatic rings. The van der Waals surface area contributed by atoms with Gasteiger partial charge >= 0.3 is 0 Å². The summed E-state index contributed by atoms with van der Waals surface area (Å²) < 4.78 is 13.1. The van der Waals surface area contributed by atoms with Crippen LogP contribution in [0.2, 0.25) is 0 Å². The van der Waals surface area contributed by atoms with Gasteiger partial charge in [-0.1, -0.05) is 6.58 Å². The van der Waals surface area contributed by atoms with Crippen LogP contribution < -0.4 is 0 Å². The Bertz CT molecular complexity index is 371. The maximum atomic E-state index is 12.8. The largest absolute Gasteiger partial charge is 0.289 e. The van der Waals surface area contributed by atoms with E-state index >= 15 is 0 Å². The number of carbonyl (C=O) groups excluding carboxylic acids is 1. The molecular weight excluding hydrogens is 235 g/mol. The van der Waals surface area contributed by atoms with Crippen LogP contribution in [0.1, 0.15) is 17.3 Å². The van der Waals surface area contributed by atoms with Crippen molar-refractivity contribution in [2.75, 3.05) is 0 Å². The first-order chi connectivity index (χ1) is 6.02. The molecule has 0 saturated carbocycles. The van der Waals surface area contributed by atoms with Crippen molar-refractivity contribution in [3.63, 3.8) is 0 Å². The zero-order valence-electron chi connectivity index (χ0n) is 7.10. The molecular formula is C10H8BrFO. The smallest absolute Gasteiger partial charge is 0.188 e. The third-order valence-corrected chi connectivity index (χ3v) is 2.18. The normalized spacial score (nSPS) is 9.77. The molecule has 0 radical (unpaired) electrons. The van der Waals surface area contributed by atoms with Gasteiger partial charge in [0.2, 0.25) is 0 Å². The SMILES string of the molecule is C=C(C)C(=O)c1ccc(F)c(Br)c1. The number of halogens is 2. The van der Waals surface area contributed by atoms with Crippen LogP contribution in [0.4, 0.5) is 4.39 Å². The highest BCUT2D eigenvalue weighted by Crippen LogP contribution is 2.18. The maximum Gasteiger partial charge on any atom is 0.188 e. The molecule has 0 fully saturated rings. The molecule has 1 rings (SSSR count). The fourth-order valence-corrected chi connectivity index (χ4v) is 1.26. The summed E-state index contributed by atoms with van der Waals surface area (Å²) in [5.41, 5.74) is 0.888. The lowest BCUT2D eigenvalue weighted by molar-refractivity contribution is 0.103. The molecule has 0 aliphatic carbocycles. The zero-order valence-corrected chi connectivity index (χ0v) is 8.69. The van der Waals surface area contributed by atoms with E-state index in [9.17, 15) is 9.18 Å². The van der Waals surface area contributed by atoms with Crippen molar-refractivity contribution in [3.8, 4) is 0 Å². The fourth-order valence-electron chi connectivity index (χ4n) is 0.884. The highest BCUT2D eigenvalue weighted by atomic mass is 79.9. The Labute approximate surface area is 84.4 Å². The molecule has 1 aromatic carbocycles. The number of rotatable bonds is 2. The molecule has 68 valence electrons. The Kier molecular flexibility index (Phi) is 2.98. The highest BCUT2D eigenvalue weighted by molar-refractivity contribution is 9.10. The van der Waals surface area contributed by atoms with E-state index in [1.807, 2.05) is 0 Å². The quantitative estimate of drug-likeness (QED) is 0.575. The van der Waals surface area contributed by atoms with Crippen LogP contribution in [0, 0.1) is 5.82 Å². The van der Waals surface area contributed by atoms with Crippen LogP contribution in [0.15, 0.2) is 34.8 Å². The first-order valence-corrected chi connectivity index (χ1v) is 4.47. The molecule has 3 heteroatoms. The summed E-state index contributed by atoms with van der Waals surface area (Å²) in [6, 6.07) is 4.14. The molecule has 0 heterocycles. The molecule has 0 saturated heterocycles. The first-order valence-electron chi connectivity index (χ1n) is 3.67. The number of Topliss-reactive ketones (excluding diaryl/α,β-unsaturated/α-hetero) is 1. The van der Waals surface area contributed by atoms with Crippen LogP contribution in [-0.2, 0) is 0 Å². The van der Waals surface area contributed by atoms with Crippen molar-refractivity contribution in [2.24, 2.45) is 0 Å². The molecule has 1 aromatic rings. The van der Waals surface area contributed by atoms with Crippen LogP contribution in [0.25, 0.3) is 0 Å². The Morgan fingerprint density at radius 2 is 2.15 bits per heavy atom. The number of hydrogen-bond acceptors (Lipinski definition) is 1. The number of allylic oxidation sites excluding steroid dienone is 1. The fraction of sp³-hybridized carbons (Fsp3) is 0.100. The van der Waals surface area contributed by atoms with Crippen LogP contribution in [0.3, 0.4) is 0 Å². The van der Waals surface area contributed by atoms with Crippen LogP contribution in [-0.4, -0.2) is 5.78 Å². The first kappa shape index (κ1) is 10.1. The number of benzene rings is 1. The summed E-state index contributed by atoms with van der Waals surface area (Å²) in [6.07, 6.45) is 0. The van der Waals surface area contributed by atoms with Gasteiger partial charge in [0, 0.05) is 5.56 Å². The van der Waals surface area contributed by atoms with Crippen molar-refractivity contribution in [1.82, 2.24) is 0 Å². The van der Waals surface area contributed by atoms with Gasteiger partial charge in [0.25, 0.3) is 0 Å². The van der Waals surface area contributed by atoms with E-state index in [0.29, 0.717) is 15.6 Å². The minimum Gasteiger partial charge on any atom is -0.289 e. The summed E-state index contributed by atoms with van der Waals surface area (Å²) in [5, 5.41) is 0. The Hall–Kier alpha value is -0.960. The molecule has 0 aromatic heterocycles. The van der Waals surface area contributed by atoms with Gasteiger partial charge in [-0.15, -0.1) is 0 Å². The molecule has 0 spiro atoms. The van der Waals surface area contributed by atoms with Gasteiger partial charge in [-0.2, -0.15) is 0 Å². The number of hydrogen-bond donors (Lipinski definition) is 0. The zero-order chi connectivity index (χ0) is 10.0. The van der Waals surface area contributed by atoms with E-state index in [4.69, 9.17) is 0 Å². The molecule has 0 aliphatic heterocycles. The minimum atomic E-state index is -0.377. The van der Waals surface area contributed by atoms with Crippen molar-refractivity contribution in [2.45, 2.75) is 6.92 Å². The third kappa shape index (κ3) is 2.25. The van der Waals surface area contributed by atoms with Crippen LogP contribution in [0.5, 0.6) is 0 Å². The van der Waals surface area contributed by atoms with E-state index in [-0.39, 0.29) is 11.6 Å². The molecule has 0 N–H and O–H groups in total. The Balaban J connectivity index is 3.11. The standard InChI is InChI=1S/C10H8BrFO/c1-6(2)10(13)7-3-4-9(12)8(11)5-7/h3-5H,1H2,2H3. The Morgan fingerprint density at radius 1 is 1.54 bits per heavy atom. The van der Waals surface area contributed by atoms with E-state index in [0.717, 1.165) is 0 Å². The summed E-state index contributed by atoms with van der Waals surface area (Å²) in [6.45, 7) is 5.15. The van der Waals surface area contributed by atoms with E-state index in [1.54, 1.807) is 6.92 Å². The lowest BCUT2D eigenvalue weighted by atomic mass is 10.1. The second kappa shape index (κ2) is 3.83. The van der Waals surface area contributed by atoms with Gasteiger partial charge in [-0.25, -0.2) is 4.39 Å². The van der Waals surface area contributed by atoms with Gasteiger partial charge in [0.15, 0.2) is 5.78 Å². The lowest BCUT2D eigenvalue weighted by Gasteiger charge is -2.00. The summed E-state index contributed by atoms with van der Waals surface area (Å²) >= 11 is 3.01. The highest BCUT2D eigenvalue weighted by Gasteiger charge is 2.08. The maximum absolute atomic E-state index is 12.8. The minimum absolute atomic E-state index is 0.166. The average molecular weight is 243 g/mol. The summed E-state index contributed by atoms with van der Waals surface area (Å²) in [5.74, 6) is -0.543. The van der Waals surface area contributed by atoms with Crippen molar-refractivity contribution < 1.29 is 9.18 Å². The van der Waals surface area contributed by atoms with Gasteiger partial charge in [-0.3, -0.25) is 4.79 Å². The third-order valence-electron chi connectivity index (χ3n) is 1.57. The van der Waals surface area contributed by atoms with E-state index in [2.05, 4.69) is 22.5 Å². The molecule has 0 unspecified atom stereocenters. The Morgan fingerprint density at radius 3 is 2.62 bits per heavy atom. The topological polar surface area (TPSA) is 17.1 Å². The molecule has 0 atom stereocenters. The number of carbonyl (C=O) groups is 1. The molecule has 13 heavy (non-hydrogen) atoms. The predicted molar refractivity (Wildman–Crippen MR) is 53.2 cm³/mol. The van der Waals surface area contributed by atoms with Crippen LogP contribution >= 0.6 is 15.9 Å². The van der Waals surface area contributed by atoms with Gasteiger partial charge < -0.3 is 0 Å². The van der Waals surface area contributed by atoms with E-state index < -0.39 is 0 Å². The summed E-state index contributed by atoms with van der Waals surface area (Å²) in [4.78, 5) is 11.4. The second-order valence-corrected chi connectivity index (χ2v) is 3.59. The van der Waals surface area contributed by atoms with Gasteiger partial charge in [-0.05, 0) is 46.6 Å². The molecule has 1 nitrogen and oxygen atoms in total.